The van der Waals surface area contributed by atoms with Crippen LogP contribution in [-0.4, -0.2) is 22.2 Å². The van der Waals surface area contributed by atoms with Crippen LogP contribution in [0.5, 0.6) is 0 Å². The van der Waals surface area contributed by atoms with Crippen molar-refractivity contribution in [1.82, 2.24) is 10.3 Å². The lowest BCUT2D eigenvalue weighted by molar-refractivity contribution is -0.120. The topological polar surface area (TPSA) is 55.1 Å². The number of rotatable bonds is 5. The van der Waals surface area contributed by atoms with E-state index in [2.05, 4.69) is 10.3 Å². The second-order valence-electron chi connectivity index (χ2n) is 4.70. The van der Waals surface area contributed by atoms with Crippen LogP contribution in [0.2, 0.25) is 0 Å². The summed E-state index contributed by atoms with van der Waals surface area (Å²) in [5.41, 5.74) is 0.724. The standard InChI is InChI=1S/C12H20N2O2S/c1-6-12(4,5)14-10(15)7-17-11-13-8(2)9(3)16-11/h6-7H2,1-5H3,(H,14,15). The minimum Gasteiger partial charge on any atom is -0.437 e. The number of oxazole rings is 1. The molecule has 4 nitrogen and oxygen atoms in total. The Bertz CT molecular complexity index is 380. The van der Waals surface area contributed by atoms with E-state index in [0.29, 0.717) is 11.0 Å². The Kier molecular flexibility index (Phi) is 4.62. The normalized spacial score (nSPS) is 11.6. The fourth-order valence-electron chi connectivity index (χ4n) is 1.13. The molecule has 0 spiro atoms. The summed E-state index contributed by atoms with van der Waals surface area (Å²) in [6, 6.07) is 0. The van der Waals surface area contributed by atoms with Crippen LogP contribution in [0.15, 0.2) is 9.64 Å². The molecule has 1 heterocycles. The highest BCUT2D eigenvalue weighted by atomic mass is 32.2. The molecule has 0 aliphatic carbocycles. The van der Waals surface area contributed by atoms with E-state index in [9.17, 15) is 4.79 Å². The van der Waals surface area contributed by atoms with Crippen molar-refractivity contribution in [2.24, 2.45) is 0 Å². The number of hydrogen-bond acceptors (Lipinski definition) is 4. The number of carbonyl (C=O) groups is 1. The molecule has 1 rings (SSSR count). The molecule has 0 aliphatic rings. The Balaban J connectivity index is 2.43. The average molecular weight is 256 g/mol. The van der Waals surface area contributed by atoms with E-state index in [1.807, 2.05) is 34.6 Å². The maximum absolute atomic E-state index is 11.7. The molecule has 0 aliphatic heterocycles. The van der Waals surface area contributed by atoms with Crippen molar-refractivity contribution in [3.63, 3.8) is 0 Å². The summed E-state index contributed by atoms with van der Waals surface area (Å²) in [4.78, 5) is 15.9. The van der Waals surface area contributed by atoms with Crippen LogP contribution in [0.25, 0.3) is 0 Å². The van der Waals surface area contributed by atoms with Gasteiger partial charge in [-0.3, -0.25) is 4.79 Å². The van der Waals surface area contributed by atoms with Crippen molar-refractivity contribution >= 4 is 17.7 Å². The van der Waals surface area contributed by atoms with Gasteiger partial charge in [-0.2, -0.15) is 0 Å². The molecule has 1 aromatic heterocycles. The Hall–Kier alpha value is -0.970. The van der Waals surface area contributed by atoms with Crippen molar-refractivity contribution in [2.75, 3.05) is 5.75 Å². The van der Waals surface area contributed by atoms with Crippen LogP contribution in [-0.2, 0) is 4.79 Å². The lowest BCUT2D eigenvalue weighted by atomic mass is 10.0. The monoisotopic (exact) mass is 256 g/mol. The number of thioether (sulfide) groups is 1. The molecule has 0 aromatic carbocycles. The maximum Gasteiger partial charge on any atom is 0.256 e. The largest absolute Gasteiger partial charge is 0.437 e. The van der Waals surface area contributed by atoms with Gasteiger partial charge in [0.15, 0.2) is 0 Å². The molecule has 96 valence electrons. The van der Waals surface area contributed by atoms with E-state index in [1.165, 1.54) is 11.8 Å². The van der Waals surface area contributed by atoms with Gasteiger partial charge in [-0.25, -0.2) is 4.98 Å². The summed E-state index contributed by atoms with van der Waals surface area (Å²) >= 11 is 1.32. The van der Waals surface area contributed by atoms with Crippen LogP contribution >= 0.6 is 11.8 Å². The molecule has 1 amide bonds. The highest BCUT2D eigenvalue weighted by Gasteiger charge is 2.18. The molecular weight excluding hydrogens is 236 g/mol. The quantitative estimate of drug-likeness (QED) is 0.823. The molecule has 0 unspecified atom stereocenters. The highest BCUT2D eigenvalue weighted by molar-refractivity contribution is 7.99. The first-order chi connectivity index (χ1) is 7.84. The van der Waals surface area contributed by atoms with Crippen molar-refractivity contribution in [3.05, 3.63) is 11.5 Å². The maximum atomic E-state index is 11.7. The van der Waals surface area contributed by atoms with Crippen LogP contribution in [0.3, 0.4) is 0 Å². The average Bonchev–Trinajstić information content (AvgIpc) is 2.55. The van der Waals surface area contributed by atoms with Crippen molar-refractivity contribution in [1.29, 1.82) is 0 Å². The number of carbonyl (C=O) groups excluding carboxylic acids is 1. The van der Waals surface area contributed by atoms with Gasteiger partial charge in [-0.05, 0) is 34.1 Å². The Morgan fingerprint density at radius 1 is 1.47 bits per heavy atom. The molecule has 1 aromatic rings. The SMILES string of the molecule is CCC(C)(C)NC(=O)CSc1nc(C)c(C)o1. The molecule has 0 fully saturated rings. The molecule has 0 saturated heterocycles. The summed E-state index contributed by atoms with van der Waals surface area (Å²) in [6.45, 7) is 9.83. The molecule has 0 saturated carbocycles. The molecule has 0 bridgehead atoms. The zero-order chi connectivity index (χ0) is 13.1. The van der Waals surface area contributed by atoms with Crippen molar-refractivity contribution < 1.29 is 9.21 Å². The van der Waals surface area contributed by atoms with E-state index >= 15 is 0 Å². The number of aromatic nitrogens is 1. The van der Waals surface area contributed by atoms with Gasteiger partial charge in [0.25, 0.3) is 5.22 Å². The summed E-state index contributed by atoms with van der Waals surface area (Å²) in [7, 11) is 0. The van der Waals surface area contributed by atoms with Crippen LogP contribution in [0.4, 0.5) is 0 Å². The van der Waals surface area contributed by atoms with Crippen LogP contribution in [0, 0.1) is 13.8 Å². The molecule has 17 heavy (non-hydrogen) atoms. The zero-order valence-corrected chi connectivity index (χ0v) is 11.9. The van der Waals surface area contributed by atoms with Gasteiger partial charge >= 0.3 is 0 Å². The molecule has 5 heteroatoms. The highest BCUT2D eigenvalue weighted by Crippen LogP contribution is 2.20. The third kappa shape index (κ3) is 4.42. The first kappa shape index (κ1) is 14.1. The van der Waals surface area contributed by atoms with Gasteiger partial charge < -0.3 is 9.73 Å². The van der Waals surface area contributed by atoms with Gasteiger partial charge in [0.05, 0.1) is 11.4 Å². The van der Waals surface area contributed by atoms with Gasteiger partial charge in [-0.15, -0.1) is 0 Å². The summed E-state index contributed by atoms with van der Waals surface area (Å²) in [5.74, 6) is 1.15. The Morgan fingerprint density at radius 2 is 2.12 bits per heavy atom. The Labute approximate surface area is 107 Å². The smallest absolute Gasteiger partial charge is 0.256 e. The number of amides is 1. The van der Waals surface area contributed by atoms with Crippen LogP contribution < -0.4 is 5.32 Å². The number of hydrogen-bond donors (Lipinski definition) is 1. The summed E-state index contributed by atoms with van der Waals surface area (Å²) in [6.07, 6.45) is 0.903. The zero-order valence-electron chi connectivity index (χ0n) is 11.1. The van der Waals surface area contributed by atoms with E-state index < -0.39 is 0 Å². The van der Waals surface area contributed by atoms with Crippen LogP contribution in [0.1, 0.15) is 38.6 Å². The predicted octanol–water partition coefficient (Wildman–Crippen LogP) is 2.69. The summed E-state index contributed by atoms with van der Waals surface area (Å²) in [5, 5.41) is 3.53. The lowest BCUT2D eigenvalue weighted by Gasteiger charge is -2.24. The second-order valence-corrected chi connectivity index (χ2v) is 5.62. The van der Waals surface area contributed by atoms with E-state index in [-0.39, 0.29) is 11.4 Å². The number of nitrogens with one attached hydrogen (secondary N) is 1. The van der Waals surface area contributed by atoms with Gasteiger partial charge in [0.1, 0.15) is 5.76 Å². The minimum atomic E-state index is -0.153. The first-order valence-electron chi connectivity index (χ1n) is 5.72. The molecule has 0 atom stereocenters. The molecule has 0 radical (unpaired) electrons. The fourth-order valence-corrected chi connectivity index (χ4v) is 1.85. The third-order valence-corrected chi connectivity index (χ3v) is 3.53. The van der Waals surface area contributed by atoms with Crippen molar-refractivity contribution in [2.45, 2.75) is 51.8 Å². The van der Waals surface area contributed by atoms with E-state index in [4.69, 9.17) is 4.42 Å². The van der Waals surface area contributed by atoms with Gasteiger partial charge in [0.2, 0.25) is 5.91 Å². The fraction of sp³-hybridized carbons (Fsp3) is 0.667. The lowest BCUT2D eigenvalue weighted by Crippen LogP contribution is -2.43. The third-order valence-electron chi connectivity index (χ3n) is 2.70. The minimum absolute atomic E-state index is 0.00959. The Morgan fingerprint density at radius 3 is 2.59 bits per heavy atom. The van der Waals surface area contributed by atoms with E-state index in [0.717, 1.165) is 17.9 Å². The molecule has 1 N–H and O–H groups in total. The summed E-state index contributed by atoms with van der Waals surface area (Å²) < 4.78 is 5.39. The van der Waals surface area contributed by atoms with Crippen molar-refractivity contribution in [3.8, 4) is 0 Å². The first-order valence-corrected chi connectivity index (χ1v) is 6.70. The number of nitrogens with zero attached hydrogens (tertiary/aromatic N) is 1. The predicted molar refractivity (Wildman–Crippen MR) is 69.2 cm³/mol. The number of aryl methyl sites for hydroxylation is 2. The second kappa shape index (κ2) is 5.58. The van der Waals surface area contributed by atoms with E-state index in [1.54, 1.807) is 0 Å². The molecular formula is C12H20N2O2S. The van der Waals surface area contributed by atoms with Gasteiger partial charge in [-0.1, -0.05) is 18.7 Å². The van der Waals surface area contributed by atoms with Gasteiger partial charge in [0, 0.05) is 5.54 Å².